The summed E-state index contributed by atoms with van der Waals surface area (Å²) < 4.78 is 34.0. The largest absolute Gasteiger partial charge is 0.495 e. The number of hydrogen-bond acceptors (Lipinski definition) is 6. The van der Waals surface area contributed by atoms with Crippen molar-refractivity contribution in [2.75, 3.05) is 38.2 Å². The van der Waals surface area contributed by atoms with Gasteiger partial charge in [-0.15, -0.1) is 11.3 Å². The van der Waals surface area contributed by atoms with Crippen molar-refractivity contribution in [3.8, 4) is 5.75 Å². The molecule has 2 heterocycles. The van der Waals surface area contributed by atoms with Crippen molar-refractivity contribution in [1.82, 2.24) is 9.29 Å². The molecule has 6 nitrogen and oxygen atoms in total. The predicted molar refractivity (Wildman–Crippen MR) is 133 cm³/mol. The third-order valence-corrected chi connectivity index (χ3v) is 9.16. The number of anilines is 1. The second-order valence-electron chi connectivity index (χ2n) is 7.85. The average Bonchev–Trinajstić information content (AvgIpc) is 3.25. The monoisotopic (exact) mass is 535 g/mol. The van der Waals surface area contributed by atoms with Crippen molar-refractivity contribution < 1.29 is 13.2 Å². The van der Waals surface area contributed by atoms with Gasteiger partial charge in [0.15, 0.2) is 5.13 Å². The highest BCUT2D eigenvalue weighted by Gasteiger charge is 2.31. The van der Waals surface area contributed by atoms with E-state index in [0.717, 1.165) is 17.2 Å². The van der Waals surface area contributed by atoms with Gasteiger partial charge in [-0.1, -0.05) is 34.1 Å². The molecule has 0 bridgehead atoms. The third-order valence-electron chi connectivity index (χ3n) is 5.79. The smallest absolute Gasteiger partial charge is 0.246 e. The van der Waals surface area contributed by atoms with Crippen LogP contribution in [0.2, 0.25) is 0 Å². The normalized spacial score (nSPS) is 15.2. The lowest BCUT2D eigenvalue weighted by molar-refractivity contribution is 0.374. The van der Waals surface area contributed by atoms with E-state index in [1.807, 2.05) is 0 Å². The maximum Gasteiger partial charge on any atom is 0.246 e. The second kappa shape index (κ2) is 9.51. The van der Waals surface area contributed by atoms with Crippen LogP contribution in [0.15, 0.2) is 51.1 Å². The summed E-state index contributed by atoms with van der Waals surface area (Å²) in [4.78, 5) is 7.20. The van der Waals surface area contributed by atoms with Crippen LogP contribution in [0, 0.1) is 13.8 Å². The molecule has 170 valence electrons. The van der Waals surface area contributed by atoms with Gasteiger partial charge in [0.05, 0.1) is 12.8 Å². The summed E-state index contributed by atoms with van der Waals surface area (Å²) >= 11 is 4.98. The topological polar surface area (TPSA) is 62.7 Å². The van der Waals surface area contributed by atoms with E-state index in [9.17, 15) is 8.42 Å². The summed E-state index contributed by atoms with van der Waals surface area (Å²) in [5, 5.41) is 3.06. The Bertz CT molecular complexity index is 1200. The lowest BCUT2D eigenvalue weighted by atomic mass is 9.99. The van der Waals surface area contributed by atoms with Crippen LogP contribution in [0.3, 0.4) is 0 Å². The quantitative estimate of drug-likeness (QED) is 0.460. The molecule has 1 aromatic heterocycles. The first-order valence-electron chi connectivity index (χ1n) is 10.4. The number of piperazine rings is 1. The number of halogens is 1. The minimum atomic E-state index is -3.64. The summed E-state index contributed by atoms with van der Waals surface area (Å²) in [5.74, 6) is 0.353. The van der Waals surface area contributed by atoms with E-state index in [-0.39, 0.29) is 4.90 Å². The average molecular weight is 537 g/mol. The fourth-order valence-electron chi connectivity index (χ4n) is 3.94. The first-order chi connectivity index (χ1) is 15.3. The molecule has 0 N–H and O–H groups in total. The van der Waals surface area contributed by atoms with Crippen LogP contribution in [0.5, 0.6) is 5.75 Å². The van der Waals surface area contributed by atoms with Crippen LogP contribution < -0.4 is 9.64 Å². The SMILES string of the molecule is COc1ccc(Br)cc1S(=O)(=O)N1CCN(c2nc(Cc3c(C)cccc3C)cs2)CC1. The molecule has 3 aromatic rings. The maximum atomic E-state index is 13.2. The fourth-order valence-corrected chi connectivity index (χ4v) is 6.94. The van der Waals surface area contributed by atoms with E-state index < -0.39 is 10.0 Å². The molecule has 1 aliphatic rings. The van der Waals surface area contributed by atoms with Gasteiger partial charge in [-0.3, -0.25) is 0 Å². The molecule has 1 aliphatic heterocycles. The van der Waals surface area contributed by atoms with Crippen molar-refractivity contribution in [3.63, 3.8) is 0 Å². The molecule has 1 saturated heterocycles. The van der Waals surface area contributed by atoms with Gasteiger partial charge in [-0.25, -0.2) is 13.4 Å². The van der Waals surface area contributed by atoms with Crippen LogP contribution in [-0.2, 0) is 16.4 Å². The Morgan fingerprint density at radius 1 is 1.09 bits per heavy atom. The number of methoxy groups -OCH3 is 1. The highest BCUT2D eigenvalue weighted by Crippen LogP contribution is 2.31. The van der Waals surface area contributed by atoms with Gasteiger partial charge in [0.2, 0.25) is 10.0 Å². The van der Waals surface area contributed by atoms with Crippen LogP contribution >= 0.6 is 27.3 Å². The van der Waals surface area contributed by atoms with Gasteiger partial charge in [0, 0.05) is 42.5 Å². The van der Waals surface area contributed by atoms with Crippen molar-refractivity contribution in [2.24, 2.45) is 0 Å². The molecular weight excluding hydrogens is 510 g/mol. The summed E-state index contributed by atoms with van der Waals surface area (Å²) in [5.41, 5.74) is 4.93. The molecule has 0 spiro atoms. The van der Waals surface area contributed by atoms with Gasteiger partial charge in [0.25, 0.3) is 0 Å². The summed E-state index contributed by atoms with van der Waals surface area (Å²) in [7, 11) is -2.16. The fraction of sp³-hybridized carbons (Fsp3) is 0.348. The van der Waals surface area contributed by atoms with E-state index in [1.165, 1.54) is 28.1 Å². The number of ether oxygens (including phenoxy) is 1. The molecule has 4 rings (SSSR count). The maximum absolute atomic E-state index is 13.2. The molecule has 2 aromatic carbocycles. The predicted octanol–water partition coefficient (Wildman–Crippen LogP) is 4.63. The Morgan fingerprint density at radius 3 is 2.44 bits per heavy atom. The van der Waals surface area contributed by atoms with Crippen molar-refractivity contribution in [3.05, 3.63) is 68.6 Å². The summed E-state index contributed by atoms with van der Waals surface area (Å²) in [6.07, 6.45) is 0.812. The molecule has 32 heavy (non-hydrogen) atoms. The summed E-state index contributed by atoms with van der Waals surface area (Å²) in [6.45, 7) is 6.29. The zero-order valence-electron chi connectivity index (χ0n) is 18.3. The second-order valence-corrected chi connectivity index (χ2v) is 11.5. The van der Waals surface area contributed by atoms with Crippen LogP contribution in [0.25, 0.3) is 0 Å². The Labute approximate surface area is 202 Å². The van der Waals surface area contributed by atoms with E-state index in [4.69, 9.17) is 9.72 Å². The van der Waals surface area contributed by atoms with E-state index in [2.05, 4.69) is 58.3 Å². The Kier molecular flexibility index (Phi) is 6.90. The lowest BCUT2D eigenvalue weighted by Gasteiger charge is -2.34. The molecule has 0 radical (unpaired) electrons. The van der Waals surface area contributed by atoms with E-state index in [0.29, 0.717) is 36.4 Å². The summed E-state index contributed by atoms with van der Waals surface area (Å²) in [6, 6.07) is 11.4. The highest BCUT2D eigenvalue weighted by molar-refractivity contribution is 9.10. The first kappa shape index (κ1) is 23.2. The van der Waals surface area contributed by atoms with Crippen LogP contribution in [0.1, 0.15) is 22.4 Å². The molecular formula is C23H26BrN3O3S2. The van der Waals surface area contributed by atoms with Gasteiger partial charge >= 0.3 is 0 Å². The molecule has 9 heteroatoms. The number of aryl methyl sites for hydroxylation is 2. The Morgan fingerprint density at radius 2 is 1.78 bits per heavy atom. The van der Waals surface area contributed by atoms with Gasteiger partial charge < -0.3 is 9.64 Å². The Balaban J connectivity index is 1.45. The van der Waals surface area contributed by atoms with Gasteiger partial charge in [-0.2, -0.15) is 4.31 Å². The number of hydrogen-bond donors (Lipinski definition) is 0. The third kappa shape index (κ3) is 4.71. The van der Waals surface area contributed by atoms with Gasteiger partial charge in [-0.05, 0) is 48.7 Å². The Hall–Kier alpha value is -1.94. The number of rotatable bonds is 6. The number of thiazole rings is 1. The minimum absolute atomic E-state index is 0.188. The number of sulfonamides is 1. The zero-order chi connectivity index (χ0) is 22.9. The molecule has 0 saturated carbocycles. The van der Waals surface area contributed by atoms with Crippen molar-refractivity contribution in [2.45, 2.75) is 25.2 Å². The highest BCUT2D eigenvalue weighted by atomic mass is 79.9. The van der Waals surface area contributed by atoms with Crippen LogP contribution in [-0.4, -0.2) is 51.0 Å². The molecule has 0 aliphatic carbocycles. The number of aromatic nitrogens is 1. The lowest BCUT2D eigenvalue weighted by Crippen LogP contribution is -2.48. The zero-order valence-corrected chi connectivity index (χ0v) is 21.6. The standard InChI is InChI=1S/C23H26BrN3O3S2/c1-16-5-4-6-17(2)20(16)14-19-15-31-23(25-19)26-9-11-27(12-10-26)32(28,29)22-13-18(24)7-8-21(22)30-3/h4-8,13,15H,9-12,14H2,1-3H3. The molecule has 0 unspecified atom stereocenters. The van der Waals surface area contributed by atoms with Crippen LogP contribution in [0.4, 0.5) is 5.13 Å². The van der Waals surface area contributed by atoms with Crippen molar-refractivity contribution >= 4 is 42.4 Å². The molecule has 0 atom stereocenters. The van der Waals surface area contributed by atoms with E-state index >= 15 is 0 Å². The molecule has 0 amide bonds. The number of benzene rings is 2. The minimum Gasteiger partial charge on any atom is -0.495 e. The van der Waals surface area contributed by atoms with Gasteiger partial charge in [0.1, 0.15) is 10.6 Å². The first-order valence-corrected chi connectivity index (χ1v) is 13.5. The van der Waals surface area contributed by atoms with E-state index in [1.54, 1.807) is 29.5 Å². The molecule has 1 fully saturated rings. The van der Waals surface area contributed by atoms with Crippen molar-refractivity contribution in [1.29, 1.82) is 0 Å². The number of nitrogens with zero attached hydrogens (tertiary/aromatic N) is 3.